The number of hydrogen-bond donors (Lipinski definition) is 2. The third-order valence-corrected chi connectivity index (χ3v) is 4.32. The van der Waals surface area contributed by atoms with E-state index in [0.29, 0.717) is 23.7 Å². The molecule has 3 amide bonds. The van der Waals surface area contributed by atoms with Crippen LogP contribution in [-0.4, -0.2) is 30.9 Å². The number of nitrogens with zero attached hydrogens (tertiary/aromatic N) is 1. The zero-order chi connectivity index (χ0) is 19.4. The van der Waals surface area contributed by atoms with Gasteiger partial charge in [-0.3, -0.25) is 14.4 Å². The SMILES string of the molecule is NC(=O)c1cc(Cl)ccc1OCC(=O)Nc1cccc(N2CCCC2=O)c1. The third-order valence-electron chi connectivity index (χ3n) is 4.08. The molecule has 0 unspecified atom stereocenters. The van der Waals surface area contributed by atoms with E-state index in [1.165, 1.54) is 18.2 Å². The molecule has 1 heterocycles. The van der Waals surface area contributed by atoms with Crippen LogP contribution in [0.1, 0.15) is 23.2 Å². The monoisotopic (exact) mass is 387 g/mol. The summed E-state index contributed by atoms with van der Waals surface area (Å²) in [6, 6.07) is 11.4. The summed E-state index contributed by atoms with van der Waals surface area (Å²) < 4.78 is 5.40. The van der Waals surface area contributed by atoms with Gasteiger partial charge in [-0.05, 0) is 42.8 Å². The molecule has 1 aliphatic heterocycles. The summed E-state index contributed by atoms with van der Waals surface area (Å²) in [5.74, 6) is -0.858. The van der Waals surface area contributed by atoms with Crippen molar-refractivity contribution in [2.75, 3.05) is 23.4 Å². The van der Waals surface area contributed by atoms with E-state index in [0.717, 1.165) is 12.1 Å². The van der Waals surface area contributed by atoms with Crippen LogP contribution in [0.4, 0.5) is 11.4 Å². The smallest absolute Gasteiger partial charge is 0.262 e. The molecule has 0 atom stereocenters. The van der Waals surface area contributed by atoms with Crippen LogP contribution in [-0.2, 0) is 9.59 Å². The highest BCUT2D eigenvalue weighted by Gasteiger charge is 2.21. The maximum atomic E-state index is 12.2. The van der Waals surface area contributed by atoms with E-state index in [2.05, 4.69) is 5.32 Å². The molecule has 0 aromatic heterocycles. The number of benzene rings is 2. The first-order valence-electron chi connectivity index (χ1n) is 8.36. The summed E-state index contributed by atoms with van der Waals surface area (Å²) in [6.07, 6.45) is 1.36. The fourth-order valence-corrected chi connectivity index (χ4v) is 3.01. The van der Waals surface area contributed by atoms with E-state index in [1.807, 2.05) is 6.07 Å². The highest BCUT2D eigenvalue weighted by atomic mass is 35.5. The number of amides is 3. The lowest BCUT2D eigenvalue weighted by Gasteiger charge is -2.17. The molecule has 1 aliphatic rings. The van der Waals surface area contributed by atoms with Gasteiger partial charge in [-0.15, -0.1) is 0 Å². The minimum atomic E-state index is -0.698. The van der Waals surface area contributed by atoms with Crippen molar-refractivity contribution in [3.8, 4) is 5.75 Å². The summed E-state index contributed by atoms with van der Waals surface area (Å²) in [4.78, 5) is 37.2. The van der Waals surface area contributed by atoms with Gasteiger partial charge >= 0.3 is 0 Å². The number of halogens is 1. The van der Waals surface area contributed by atoms with Crippen LogP contribution in [0.5, 0.6) is 5.75 Å². The minimum Gasteiger partial charge on any atom is -0.483 e. The van der Waals surface area contributed by atoms with Gasteiger partial charge in [0, 0.05) is 29.4 Å². The van der Waals surface area contributed by atoms with E-state index in [9.17, 15) is 14.4 Å². The van der Waals surface area contributed by atoms with Gasteiger partial charge in [0.15, 0.2) is 6.61 Å². The molecule has 2 aromatic rings. The number of carbonyl (C=O) groups is 3. The van der Waals surface area contributed by atoms with Crippen molar-refractivity contribution < 1.29 is 19.1 Å². The van der Waals surface area contributed by atoms with Crippen molar-refractivity contribution in [2.45, 2.75) is 12.8 Å². The zero-order valence-corrected chi connectivity index (χ0v) is 15.2. The first kappa shape index (κ1) is 18.7. The van der Waals surface area contributed by atoms with Crippen molar-refractivity contribution in [3.05, 3.63) is 53.1 Å². The van der Waals surface area contributed by atoms with Crippen LogP contribution in [0.25, 0.3) is 0 Å². The molecule has 0 aliphatic carbocycles. The van der Waals surface area contributed by atoms with Gasteiger partial charge in [0.1, 0.15) is 5.75 Å². The maximum Gasteiger partial charge on any atom is 0.262 e. The normalized spacial score (nSPS) is 13.5. The lowest BCUT2D eigenvalue weighted by molar-refractivity contribution is -0.118. The Hall–Kier alpha value is -3.06. The van der Waals surface area contributed by atoms with Gasteiger partial charge in [0.05, 0.1) is 5.56 Å². The highest BCUT2D eigenvalue weighted by Crippen LogP contribution is 2.25. The fourth-order valence-electron chi connectivity index (χ4n) is 2.83. The molecule has 1 saturated heterocycles. The van der Waals surface area contributed by atoms with Crippen LogP contribution in [0.2, 0.25) is 5.02 Å². The molecule has 0 saturated carbocycles. The van der Waals surface area contributed by atoms with Crippen molar-refractivity contribution in [2.24, 2.45) is 5.73 Å². The Kier molecular flexibility index (Phi) is 5.61. The number of nitrogens with one attached hydrogen (secondary N) is 1. The number of anilines is 2. The number of hydrogen-bond acceptors (Lipinski definition) is 4. The van der Waals surface area contributed by atoms with Crippen LogP contribution in [0, 0.1) is 0 Å². The van der Waals surface area contributed by atoms with Crippen LogP contribution in [0.15, 0.2) is 42.5 Å². The molecular formula is C19H18ClN3O4. The predicted molar refractivity (Wildman–Crippen MR) is 102 cm³/mol. The molecule has 7 nitrogen and oxygen atoms in total. The van der Waals surface area contributed by atoms with E-state index < -0.39 is 11.8 Å². The first-order valence-corrected chi connectivity index (χ1v) is 8.74. The maximum absolute atomic E-state index is 12.2. The van der Waals surface area contributed by atoms with Gasteiger partial charge in [0.25, 0.3) is 11.8 Å². The molecular weight excluding hydrogens is 370 g/mol. The molecule has 140 valence electrons. The highest BCUT2D eigenvalue weighted by molar-refractivity contribution is 6.31. The zero-order valence-electron chi connectivity index (χ0n) is 14.4. The Morgan fingerprint density at radius 1 is 1.22 bits per heavy atom. The predicted octanol–water partition coefficient (Wildman–Crippen LogP) is 2.58. The number of ether oxygens (including phenoxy) is 1. The lowest BCUT2D eigenvalue weighted by atomic mass is 10.2. The van der Waals surface area contributed by atoms with Gasteiger partial charge < -0.3 is 20.7 Å². The molecule has 2 aromatic carbocycles. The summed E-state index contributed by atoms with van der Waals surface area (Å²) in [5.41, 5.74) is 6.68. The van der Waals surface area contributed by atoms with Gasteiger partial charge in [-0.2, -0.15) is 0 Å². The van der Waals surface area contributed by atoms with Crippen molar-refractivity contribution in [3.63, 3.8) is 0 Å². The average Bonchev–Trinajstić information content (AvgIpc) is 3.06. The Bertz CT molecular complexity index is 900. The quantitative estimate of drug-likeness (QED) is 0.795. The second-order valence-corrected chi connectivity index (χ2v) is 6.48. The lowest BCUT2D eigenvalue weighted by Crippen LogP contribution is -2.24. The molecule has 3 N–H and O–H groups in total. The Morgan fingerprint density at radius 3 is 2.74 bits per heavy atom. The number of rotatable bonds is 6. The Balaban J connectivity index is 1.63. The molecule has 8 heteroatoms. The van der Waals surface area contributed by atoms with Crippen molar-refractivity contribution in [1.82, 2.24) is 0 Å². The van der Waals surface area contributed by atoms with E-state index >= 15 is 0 Å². The van der Waals surface area contributed by atoms with E-state index in [4.69, 9.17) is 22.1 Å². The third kappa shape index (κ3) is 4.57. The molecule has 27 heavy (non-hydrogen) atoms. The Morgan fingerprint density at radius 2 is 2.04 bits per heavy atom. The number of primary amides is 1. The van der Waals surface area contributed by atoms with Gasteiger partial charge in [-0.1, -0.05) is 17.7 Å². The van der Waals surface area contributed by atoms with Crippen molar-refractivity contribution in [1.29, 1.82) is 0 Å². The molecule has 1 fully saturated rings. The van der Waals surface area contributed by atoms with Crippen LogP contribution >= 0.6 is 11.6 Å². The number of carbonyl (C=O) groups excluding carboxylic acids is 3. The largest absolute Gasteiger partial charge is 0.483 e. The number of nitrogens with two attached hydrogens (primary N) is 1. The van der Waals surface area contributed by atoms with Gasteiger partial charge in [-0.25, -0.2) is 0 Å². The summed E-state index contributed by atoms with van der Waals surface area (Å²) >= 11 is 5.84. The van der Waals surface area contributed by atoms with Crippen LogP contribution in [0.3, 0.4) is 0 Å². The van der Waals surface area contributed by atoms with E-state index in [1.54, 1.807) is 23.1 Å². The summed E-state index contributed by atoms with van der Waals surface area (Å²) in [7, 11) is 0. The standard InChI is InChI=1S/C19H18ClN3O4/c20-12-6-7-16(15(9-12)19(21)26)27-11-17(24)22-13-3-1-4-14(10-13)23-8-2-5-18(23)25/h1,3-4,6-7,9-10H,2,5,8,11H2,(H2,21,26)(H,22,24). The Labute approximate surface area is 161 Å². The van der Waals surface area contributed by atoms with Crippen molar-refractivity contribution >= 4 is 40.7 Å². The molecule has 0 bridgehead atoms. The second kappa shape index (κ2) is 8.09. The minimum absolute atomic E-state index is 0.0727. The molecule has 0 spiro atoms. The fraction of sp³-hybridized carbons (Fsp3) is 0.211. The first-order chi connectivity index (χ1) is 12.9. The topological polar surface area (TPSA) is 102 Å². The molecule has 0 radical (unpaired) electrons. The summed E-state index contributed by atoms with van der Waals surface area (Å²) in [5, 5.41) is 3.05. The summed E-state index contributed by atoms with van der Waals surface area (Å²) in [6.45, 7) is 0.362. The van der Waals surface area contributed by atoms with Gasteiger partial charge in [0.2, 0.25) is 5.91 Å². The molecule has 3 rings (SSSR count). The average molecular weight is 388 g/mol. The van der Waals surface area contributed by atoms with Crippen LogP contribution < -0.4 is 20.7 Å². The van der Waals surface area contributed by atoms with E-state index in [-0.39, 0.29) is 23.8 Å². The second-order valence-electron chi connectivity index (χ2n) is 6.04.